The number of carbonyl (C=O) groups is 2. The third-order valence-corrected chi connectivity index (χ3v) is 2.60. The first-order valence-corrected chi connectivity index (χ1v) is 6.38. The molecule has 0 rings (SSSR count). The van der Waals surface area contributed by atoms with Crippen LogP contribution in [0.4, 0.5) is 0 Å². The second-order valence-electron chi connectivity index (χ2n) is 2.23. The first kappa shape index (κ1) is 11.5. The summed E-state index contributed by atoms with van der Waals surface area (Å²) in [6.07, 6.45) is 0. The van der Waals surface area contributed by atoms with Gasteiger partial charge in [-0.3, -0.25) is 0 Å². The molecule has 1 amide bonds. The molecule has 0 aliphatic carbocycles. The van der Waals surface area contributed by atoms with Crippen molar-refractivity contribution in [2.45, 2.75) is 24.1 Å². The predicted molar refractivity (Wildman–Crippen MR) is 46.0 cm³/mol. The van der Waals surface area contributed by atoms with Gasteiger partial charge in [0.2, 0.25) is 0 Å². The fourth-order valence-corrected chi connectivity index (χ4v) is 1.88. The quantitative estimate of drug-likeness (QED) is 0.546. The van der Waals surface area contributed by atoms with Crippen LogP contribution < -0.4 is 5.32 Å². The van der Waals surface area contributed by atoms with Crippen molar-refractivity contribution in [3.8, 4) is 0 Å². The second-order valence-corrected chi connectivity index (χ2v) is 4.14. The van der Waals surface area contributed by atoms with E-state index in [0.29, 0.717) is 20.3 Å². The van der Waals surface area contributed by atoms with Crippen LogP contribution in [0.25, 0.3) is 0 Å². The van der Waals surface area contributed by atoms with Gasteiger partial charge in [0.1, 0.15) is 0 Å². The molecule has 0 unspecified atom stereocenters. The van der Waals surface area contributed by atoms with Crippen LogP contribution in [0.15, 0.2) is 0 Å². The molecule has 0 spiro atoms. The molecule has 1 N–H and O–H groups in total. The van der Waals surface area contributed by atoms with Gasteiger partial charge in [0, 0.05) is 0 Å². The fourth-order valence-electron chi connectivity index (χ4n) is 0.723. The molecule has 70 valence electrons. The summed E-state index contributed by atoms with van der Waals surface area (Å²) < 4.78 is 4.52. The molecule has 0 aromatic carbocycles. The van der Waals surface area contributed by atoms with Crippen LogP contribution in [0.2, 0.25) is 11.1 Å². The Hall–Kier alpha value is -0.541. The Bertz CT molecular complexity index is 172. The molecule has 5 heteroatoms. The van der Waals surface area contributed by atoms with Crippen molar-refractivity contribution in [1.29, 1.82) is 0 Å². The standard InChI is InChI=1S/C7H13NO3Se/c1-5(9)8-6(4-12-3)7(10)11-2/h6H,4H2,1-3H3,(H,8,9)/t6-/m0/s1. The Morgan fingerprint density at radius 1 is 1.58 bits per heavy atom. The van der Waals surface area contributed by atoms with Crippen molar-refractivity contribution < 1.29 is 14.3 Å². The summed E-state index contributed by atoms with van der Waals surface area (Å²) in [4.78, 5) is 21.6. The van der Waals surface area contributed by atoms with Crippen LogP contribution in [-0.4, -0.2) is 40.0 Å². The van der Waals surface area contributed by atoms with Crippen molar-refractivity contribution in [2.24, 2.45) is 0 Å². The molecule has 4 nitrogen and oxygen atoms in total. The number of nitrogens with one attached hydrogen (secondary N) is 1. The van der Waals surface area contributed by atoms with Gasteiger partial charge in [-0.05, 0) is 0 Å². The first-order chi connectivity index (χ1) is 5.61. The van der Waals surface area contributed by atoms with E-state index in [9.17, 15) is 9.59 Å². The molecule has 0 aliphatic heterocycles. The molecule has 0 radical (unpaired) electrons. The van der Waals surface area contributed by atoms with Gasteiger partial charge in [0.15, 0.2) is 0 Å². The molecule has 0 aromatic heterocycles. The van der Waals surface area contributed by atoms with Crippen LogP contribution in [0.5, 0.6) is 0 Å². The Morgan fingerprint density at radius 3 is 2.50 bits per heavy atom. The van der Waals surface area contributed by atoms with Crippen LogP contribution in [0.3, 0.4) is 0 Å². The number of ether oxygens (including phenoxy) is 1. The molecule has 0 saturated heterocycles. The summed E-state index contributed by atoms with van der Waals surface area (Å²) in [6.45, 7) is 1.39. The van der Waals surface area contributed by atoms with Crippen molar-refractivity contribution in [1.82, 2.24) is 5.32 Å². The maximum absolute atomic E-state index is 11.0. The molecular formula is C7H13NO3Se. The van der Waals surface area contributed by atoms with Crippen LogP contribution in [0, 0.1) is 0 Å². The van der Waals surface area contributed by atoms with Crippen LogP contribution >= 0.6 is 0 Å². The van der Waals surface area contributed by atoms with E-state index in [1.807, 2.05) is 5.82 Å². The van der Waals surface area contributed by atoms with E-state index < -0.39 is 6.04 Å². The summed E-state index contributed by atoms with van der Waals surface area (Å²) in [6, 6.07) is -0.461. The van der Waals surface area contributed by atoms with E-state index in [2.05, 4.69) is 10.1 Å². The Balaban J connectivity index is 4.02. The average Bonchev–Trinajstić information content (AvgIpc) is 2.01. The number of hydrogen-bond acceptors (Lipinski definition) is 3. The predicted octanol–water partition coefficient (Wildman–Crippen LogP) is -0.165. The SMILES string of the molecule is COC(=O)[C@H](C[Se]C)NC(C)=O. The molecule has 0 aliphatic rings. The zero-order valence-corrected chi connectivity index (χ0v) is 9.13. The average molecular weight is 238 g/mol. The summed E-state index contributed by atoms with van der Waals surface area (Å²) in [5, 5.41) is 3.21. The number of hydrogen-bond donors (Lipinski definition) is 1. The third kappa shape index (κ3) is 4.36. The molecule has 0 fully saturated rings. The van der Waals surface area contributed by atoms with Gasteiger partial charge < -0.3 is 0 Å². The molecule has 0 bridgehead atoms. The van der Waals surface area contributed by atoms with E-state index in [1.54, 1.807) is 0 Å². The Labute approximate surface area is 78.2 Å². The topological polar surface area (TPSA) is 55.4 Å². The zero-order valence-electron chi connectivity index (χ0n) is 7.42. The normalized spacial score (nSPS) is 11.9. The van der Waals surface area contributed by atoms with E-state index in [-0.39, 0.29) is 11.9 Å². The zero-order chi connectivity index (χ0) is 9.56. The molecule has 0 aromatic rings. The van der Waals surface area contributed by atoms with E-state index in [0.717, 1.165) is 0 Å². The number of rotatable bonds is 4. The van der Waals surface area contributed by atoms with E-state index in [1.165, 1.54) is 14.0 Å². The van der Waals surface area contributed by atoms with Gasteiger partial charge in [-0.15, -0.1) is 0 Å². The summed E-state index contributed by atoms with van der Waals surface area (Å²) in [5.41, 5.74) is 0. The molecule has 0 saturated carbocycles. The van der Waals surface area contributed by atoms with Gasteiger partial charge in [0.25, 0.3) is 0 Å². The van der Waals surface area contributed by atoms with Crippen LogP contribution in [-0.2, 0) is 14.3 Å². The number of methoxy groups -OCH3 is 1. The van der Waals surface area contributed by atoms with Crippen molar-refractivity contribution in [2.75, 3.05) is 7.11 Å². The number of esters is 1. The van der Waals surface area contributed by atoms with Gasteiger partial charge in [0.05, 0.1) is 0 Å². The maximum atomic E-state index is 11.0. The summed E-state index contributed by atoms with van der Waals surface area (Å²) >= 11 is 0.349. The first-order valence-electron chi connectivity index (χ1n) is 3.45. The molecular weight excluding hydrogens is 225 g/mol. The summed E-state index contributed by atoms with van der Waals surface area (Å²) in [7, 11) is 1.32. The Morgan fingerprint density at radius 2 is 2.17 bits per heavy atom. The monoisotopic (exact) mass is 239 g/mol. The minimum absolute atomic E-state index is 0.199. The number of carbonyl (C=O) groups excluding carboxylic acids is 2. The number of amides is 1. The van der Waals surface area contributed by atoms with Crippen molar-refractivity contribution in [3.63, 3.8) is 0 Å². The van der Waals surface area contributed by atoms with Crippen molar-refractivity contribution >= 4 is 26.8 Å². The van der Waals surface area contributed by atoms with Gasteiger partial charge in [-0.1, -0.05) is 0 Å². The molecule has 0 heterocycles. The van der Waals surface area contributed by atoms with Crippen LogP contribution in [0.1, 0.15) is 6.92 Å². The van der Waals surface area contributed by atoms with Gasteiger partial charge in [-0.2, -0.15) is 0 Å². The fraction of sp³-hybridized carbons (Fsp3) is 0.714. The summed E-state index contributed by atoms with van der Waals surface area (Å²) in [5.74, 6) is 1.44. The molecule has 12 heavy (non-hydrogen) atoms. The van der Waals surface area contributed by atoms with Crippen molar-refractivity contribution in [3.05, 3.63) is 0 Å². The van der Waals surface area contributed by atoms with E-state index in [4.69, 9.17) is 0 Å². The second kappa shape index (κ2) is 6.03. The van der Waals surface area contributed by atoms with E-state index >= 15 is 0 Å². The Kier molecular flexibility index (Phi) is 5.76. The van der Waals surface area contributed by atoms with Gasteiger partial charge in [-0.25, -0.2) is 0 Å². The minimum atomic E-state index is -0.461. The van der Waals surface area contributed by atoms with Gasteiger partial charge >= 0.3 is 77.7 Å². The third-order valence-electron chi connectivity index (χ3n) is 1.20. The molecule has 1 atom stereocenters.